The molecule has 0 amide bonds. The van der Waals surface area contributed by atoms with E-state index in [2.05, 4.69) is 29.3 Å². The van der Waals surface area contributed by atoms with Crippen LogP contribution in [0.5, 0.6) is 0 Å². The smallest absolute Gasteiger partial charge is 0.116 e. The molecular formula is C12H20N2O. The lowest BCUT2D eigenvalue weighted by molar-refractivity contribution is 0.203. The van der Waals surface area contributed by atoms with E-state index in [0.717, 1.165) is 25.3 Å². The fourth-order valence-corrected chi connectivity index (χ4v) is 1.49. The molecule has 0 fully saturated rings. The van der Waals surface area contributed by atoms with Gasteiger partial charge in [-0.3, -0.25) is 0 Å². The Balaban J connectivity index is 2.61. The Morgan fingerprint density at radius 2 is 2.40 bits per heavy atom. The van der Waals surface area contributed by atoms with Gasteiger partial charge in [-0.1, -0.05) is 12.2 Å². The zero-order chi connectivity index (χ0) is 11.1. The second-order valence-electron chi connectivity index (χ2n) is 3.57. The SMILES string of the molecule is CCOC1=CC(/C=C/CCN)=CN(C)C1. The maximum Gasteiger partial charge on any atom is 0.116 e. The third-order valence-electron chi connectivity index (χ3n) is 2.08. The number of likely N-dealkylation sites (N-methyl/N-ethyl adjacent to an activating group) is 1. The molecule has 1 aliphatic rings. The summed E-state index contributed by atoms with van der Waals surface area (Å²) in [6.07, 6.45) is 9.28. The lowest BCUT2D eigenvalue weighted by atomic mass is 10.1. The minimum Gasteiger partial charge on any atom is -0.496 e. The number of hydrogen-bond acceptors (Lipinski definition) is 3. The first-order valence-electron chi connectivity index (χ1n) is 5.38. The van der Waals surface area contributed by atoms with E-state index in [1.165, 1.54) is 5.57 Å². The molecule has 0 saturated heterocycles. The molecule has 3 heteroatoms. The normalized spacial score (nSPS) is 16.6. The van der Waals surface area contributed by atoms with Crippen molar-refractivity contribution in [1.29, 1.82) is 0 Å². The predicted molar refractivity (Wildman–Crippen MR) is 63.2 cm³/mol. The summed E-state index contributed by atoms with van der Waals surface area (Å²) in [6, 6.07) is 0. The number of rotatable bonds is 5. The van der Waals surface area contributed by atoms with Gasteiger partial charge in [0, 0.05) is 13.2 Å². The Labute approximate surface area is 91.9 Å². The minimum absolute atomic E-state index is 0.696. The maximum absolute atomic E-state index is 5.51. The average molecular weight is 208 g/mol. The van der Waals surface area contributed by atoms with Crippen molar-refractivity contribution < 1.29 is 4.74 Å². The van der Waals surface area contributed by atoms with Crippen molar-refractivity contribution in [3.8, 4) is 0 Å². The van der Waals surface area contributed by atoms with Crippen LogP contribution < -0.4 is 5.73 Å². The van der Waals surface area contributed by atoms with Crippen LogP contribution in [0.15, 0.2) is 35.8 Å². The van der Waals surface area contributed by atoms with Crippen LogP contribution in [0.3, 0.4) is 0 Å². The summed E-state index contributed by atoms with van der Waals surface area (Å²) >= 11 is 0. The Hall–Kier alpha value is -1.22. The topological polar surface area (TPSA) is 38.5 Å². The van der Waals surface area contributed by atoms with Gasteiger partial charge in [0.2, 0.25) is 0 Å². The maximum atomic E-state index is 5.51. The van der Waals surface area contributed by atoms with Gasteiger partial charge in [-0.25, -0.2) is 0 Å². The molecule has 15 heavy (non-hydrogen) atoms. The van der Waals surface area contributed by atoms with Gasteiger partial charge in [0.15, 0.2) is 0 Å². The molecule has 0 aromatic carbocycles. The summed E-state index contributed by atoms with van der Waals surface area (Å²) in [5, 5.41) is 0. The van der Waals surface area contributed by atoms with Crippen molar-refractivity contribution in [3.63, 3.8) is 0 Å². The van der Waals surface area contributed by atoms with E-state index in [0.29, 0.717) is 6.54 Å². The van der Waals surface area contributed by atoms with E-state index in [1.54, 1.807) is 0 Å². The number of allylic oxidation sites excluding steroid dienone is 3. The van der Waals surface area contributed by atoms with Crippen LogP contribution >= 0.6 is 0 Å². The summed E-state index contributed by atoms with van der Waals surface area (Å²) in [6.45, 7) is 4.27. The monoisotopic (exact) mass is 208 g/mol. The van der Waals surface area contributed by atoms with Crippen LogP contribution in [0.2, 0.25) is 0 Å². The van der Waals surface area contributed by atoms with Crippen LogP contribution in [0.1, 0.15) is 13.3 Å². The molecule has 0 radical (unpaired) electrons. The van der Waals surface area contributed by atoms with Gasteiger partial charge in [-0.05, 0) is 31.5 Å². The third-order valence-corrected chi connectivity index (χ3v) is 2.08. The molecule has 2 N–H and O–H groups in total. The van der Waals surface area contributed by atoms with Crippen LogP contribution in [0.25, 0.3) is 0 Å². The number of nitrogens with zero attached hydrogens (tertiary/aromatic N) is 1. The zero-order valence-corrected chi connectivity index (χ0v) is 9.57. The molecule has 0 aromatic rings. The molecule has 0 aliphatic carbocycles. The van der Waals surface area contributed by atoms with Crippen molar-refractivity contribution in [2.24, 2.45) is 5.73 Å². The van der Waals surface area contributed by atoms with Gasteiger partial charge < -0.3 is 15.4 Å². The van der Waals surface area contributed by atoms with Crippen molar-refractivity contribution in [1.82, 2.24) is 4.90 Å². The lowest BCUT2D eigenvalue weighted by Crippen LogP contribution is -2.19. The largest absolute Gasteiger partial charge is 0.496 e. The van der Waals surface area contributed by atoms with E-state index < -0.39 is 0 Å². The quantitative estimate of drug-likeness (QED) is 0.746. The summed E-state index contributed by atoms with van der Waals surface area (Å²) in [4.78, 5) is 2.12. The zero-order valence-electron chi connectivity index (χ0n) is 9.57. The van der Waals surface area contributed by atoms with Gasteiger partial charge in [0.1, 0.15) is 5.76 Å². The fourth-order valence-electron chi connectivity index (χ4n) is 1.49. The summed E-state index contributed by atoms with van der Waals surface area (Å²) in [5.41, 5.74) is 6.59. The molecule has 0 aromatic heterocycles. The Morgan fingerprint density at radius 1 is 1.60 bits per heavy atom. The van der Waals surface area contributed by atoms with Gasteiger partial charge in [0.25, 0.3) is 0 Å². The van der Waals surface area contributed by atoms with Crippen molar-refractivity contribution in [2.45, 2.75) is 13.3 Å². The minimum atomic E-state index is 0.696. The standard InChI is InChI=1S/C12H20N2O/c1-3-15-12-8-11(6-4-5-7-13)9-14(2)10-12/h4,6,8-9H,3,5,7,10,13H2,1-2H3/b6-4+. The average Bonchev–Trinajstić information content (AvgIpc) is 2.18. The molecule has 1 rings (SSSR count). The molecule has 1 aliphatic heterocycles. The third kappa shape index (κ3) is 4.21. The first-order valence-corrected chi connectivity index (χ1v) is 5.38. The van der Waals surface area contributed by atoms with E-state index in [9.17, 15) is 0 Å². The highest BCUT2D eigenvalue weighted by Gasteiger charge is 2.07. The Bertz CT molecular complexity index is 279. The molecule has 0 saturated carbocycles. The fraction of sp³-hybridized carbons (Fsp3) is 0.500. The molecular weight excluding hydrogens is 188 g/mol. The van der Waals surface area contributed by atoms with Crippen molar-refractivity contribution in [3.05, 3.63) is 35.8 Å². The summed E-state index contributed by atoms with van der Waals surface area (Å²) < 4.78 is 5.51. The van der Waals surface area contributed by atoms with Crippen LogP contribution in [0.4, 0.5) is 0 Å². The first-order chi connectivity index (χ1) is 7.26. The van der Waals surface area contributed by atoms with Crippen LogP contribution in [-0.4, -0.2) is 31.6 Å². The number of hydrogen-bond donors (Lipinski definition) is 1. The molecule has 0 spiro atoms. The highest BCUT2D eigenvalue weighted by atomic mass is 16.5. The summed E-state index contributed by atoms with van der Waals surface area (Å²) in [7, 11) is 2.04. The predicted octanol–water partition coefficient (Wildman–Crippen LogP) is 1.64. The van der Waals surface area contributed by atoms with Gasteiger partial charge in [0.05, 0.1) is 13.2 Å². The van der Waals surface area contributed by atoms with Crippen molar-refractivity contribution >= 4 is 0 Å². The van der Waals surface area contributed by atoms with E-state index in [4.69, 9.17) is 10.5 Å². The van der Waals surface area contributed by atoms with Crippen molar-refractivity contribution in [2.75, 3.05) is 26.7 Å². The van der Waals surface area contributed by atoms with E-state index in [1.807, 2.05) is 14.0 Å². The van der Waals surface area contributed by atoms with Gasteiger partial charge in [-0.15, -0.1) is 0 Å². The highest BCUT2D eigenvalue weighted by molar-refractivity contribution is 5.34. The summed E-state index contributed by atoms with van der Waals surface area (Å²) in [5.74, 6) is 1.02. The number of nitrogens with two attached hydrogens (primary N) is 1. The van der Waals surface area contributed by atoms with Crippen LogP contribution in [-0.2, 0) is 4.74 Å². The molecule has 84 valence electrons. The number of ether oxygens (including phenoxy) is 1. The second kappa shape index (κ2) is 6.30. The molecule has 1 heterocycles. The van der Waals surface area contributed by atoms with Gasteiger partial charge in [-0.2, -0.15) is 0 Å². The van der Waals surface area contributed by atoms with Crippen LogP contribution in [0, 0.1) is 0 Å². The molecule has 0 unspecified atom stereocenters. The van der Waals surface area contributed by atoms with Gasteiger partial charge >= 0.3 is 0 Å². The molecule has 3 nitrogen and oxygen atoms in total. The van der Waals surface area contributed by atoms with E-state index in [-0.39, 0.29) is 0 Å². The lowest BCUT2D eigenvalue weighted by Gasteiger charge is -2.22. The second-order valence-corrected chi connectivity index (χ2v) is 3.57. The van der Waals surface area contributed by atoms with E-state index >= 15 is 0 Å². The first kappa shape index (κ1) is 11.9. The molecule has 0 atom stereocenters. The highest BCUT2D eigenvalue weighted by Crippen LogP contribution is 2.14. The molecule has 0 bridgehead atoms. The Kier molecular flexibility index (Phi) is 4.98. The Morgan fingerprint density at radius 3 is 3.07 bits per heavy atom.